The van der Waals surface area contributed by atoms with Gasteiger partial charge in [-0.05, 0) is 6.92 Å². The summed E-state index contributed by atoms with van der Waals surface area (Å²) in [6, 6.07) is -1.28. The molecule has 3 unspecified atom stereocenters. The quantitative estimate of drug-likeness (QED) is 0.187. The van der Waals surface area contributed by atoms with Crippen LogP contribution >= 0.6 is 12.2 Å². The molecular formula is C18H22FN3O10S. The molecule has 13 nitrogen and oxygen atoms in total. The molecule has 33 heavy (non-hydrogen) atoms. The average Bonchev–Trinajstić information content (AvgIpc) is 3.25. The van der Waals surface area contributed by atoms with Gasteiger partial charge in [0.2, 0.25) is 12.2 Å². The van der Waals surface area contributed by atoms with E-state index in [0.29, 0.717) is 5.06 Å². The van der Waals surface area contributed by atoms with Gasteiger partial charge in [-0.25, -0.2) is 14.0 Å². The summed E-state index contributed by atoms with van der Waals surface area (Å²) in [6.07, 6.45) is -3.15. The van der Waals surface area contributed by atoms with E-state index in [1.54, 1.807) is 0 Å². The molecule has 2 fully saturated rings. The summed E-state index contributed by atoms with van der Waals surface area (Å²) in [5, 5.41) is 2.92. The van der Waals surface area contributed by atoms with Crippen LogP contribution in [0.5, 0.6) is 0 Å². The van der Waals surface area contributed by atoms with Crippen molar-refractivity contribution in [1.29, 1.82) is 0 Å². The molecule has 0 aliphatic carbocycles. The molecule has 2 aliphatic rings. The van der Waals surface area contributed by atoms with Gasteiger partial charge >= 0.3 is 23.8 Å². The highest BCUT2D eigenvalue weighted by Gasteiger charge is 2.60. The highest BCUT2D eigenvalue weighted by Crippen LogP contribution is 2.35. The first-order chi connectivity index (χ1) is 15.4. The summed E-state index contributed by atoms with van der Waals surface area (Å²) in [6.45, 7) is 5.31. The molecule has 0 saturated carbocycles. The lowest BCUT2D eigenvalue weighted by atomic mass is 10.1. The van der Waals surface area contributed by atoms with Crippen molar-refractivity contribution in [3.63, 3.8) is 0 Å². The number of hydroxylamine groups is 2. The van der Waals surface area contributed by atoms with Crippen LogP contribution in [0, 0.1) is 5.92 Å². The van der Waals surface area contributed by atoms with E-state index < -0.39 is 71.3 Å². The van der Waals surface area contributed by atoms with Gasteiger partial charge < -0.3 is 30.0 Å². The number of carbonyl (C=O) groups excluding carboxylic acids is 5. The summed E-state index contributed by atoms with van der Waals surface area (Å²) >= 11 is 4.93. The first-order valence-electron chi connectivity index (χ1n) is 9.60. The number of hydrogen-bond donors (Lipinski definition) is 2. The van der Waals surface area contributed by atoms with Crippen LogP contribution in [0.3, 0.4) is 0 Å². The second-order valence-electron chi connectivity index (χ2n) is 6.80. The minimum Gasteiger partial charge on any atom is -0.435 e. The van der Waals surface area contributed by atoms with E-state index in [1.165, 1.54) is 13.8 Å². The number of hydrogen-bond acceptors (Lipinski definition) is 11. The van der Waals surface area contributed by atoms with Crippen LogP contribution in [0.2, 0.25) is 0 Å². The van der Waals surface area contributed by atoms with Gasteiger partial charge in [0, 0.05) is 13.3 Å². The van der Waals surface area contributed by atoms with Gasteiger partial charge in [0.1, 0.15) is 24.4 Å². The van der Waals surface area contributed by atoms with E-state index in [0.717, 1.165) is 0 Å². The second kappa shape index (κ2) is 10.5. The van der Waals surface area contributed by atoms with Crippen molar-refractivity contribution in [2.75, 3.05) is 13.2 Å². The number of ether oxygens (including phenoxy) is 4. The van der Waals surface area contributed by atoms with Crippen molar-refractivity contribution in [2.45, 2.75) is 44.7 Å². The van der Waals surface area contributed by atoms with Crippen LogP contribution in [0.1, 0.15) is 26.7 Å². The number of thiocarbonyl (C=S) groups is 1. The molecular weight excluding hydrogens is 469 g/mol. The molecule has 0 aromatic rings. The first kappa shape index (κ1) is 25.9. The number of cyclic esters (lactones) is 1. The average molecular weight is 491 g/mol. The molecule has 0 aromatic carbocycles. The Morgan fingerprint density at radius 3 is 2.58 bits per heavy atom. The number of primary amides is 1. The summed E-state index contributed by atoms with van der Waals surface area (Å²) in [5.41, 5.74) is 2.78. The number of nitrogens with one attached hydrogen (secondary N) is 1. The third-order valence-corrected chi connectivity index (χ3v) is 4.79. The third-order valence-electron chi connectivity index (χ3n) is 4.44. The van der Waals surface area contributed by atoms with Gasteiger partial charge in [-0.3, -0.25) is 19.2 Å². The first-order valence-corrected chi connectivity index (χ1v) is 10.0. The van der Waals surface area contributed by atoms with Crippen LogP contribution in [0.4, 0.5) is 9.18 Å². The van der Waals surface area contributed by atoms with Crippen molar-refractivity contribution in [3.05, 3.63) is 12.4 Å². The number of amides is 2. The topological polar surface area (TPSA) is 173 Å². The zero-order valence-electron chi connectivity index (χ0n) is 17.7. The molecule has 2 saturated heterocycles. The fraction of sp³-hybridized carbons (Fsp3) is 0.556. The van der Waals surface area contributed by atoms with Gasteiger partial charge in [-0.15, -0.1) is 0 Å². The van der Waals surface area contributed by atoms with Gasteiger partial charge in [0.25, 0.3) is 5.91 Å². The number of nitrogens with two attached hydrogens (primary N) is 1. The normalized spacial score (nSPS) is 23.8. The van der Waals surface area contributed by atoms with E-state index in [1.807, 2.05) is 0 Å². The monoisotopic (exact) mass is 491 g/mol. The lowest BCUT2D eigenvalue weighted by molar-refractivity contribution is -0.265. The predicted octanol–water partition coefficient (Wildman–Crippen LogP) is -0.274. The molecule has 2 rings (SSSR count). The van der Waals surface area contributed by atoms with Crippen LogP contribution in [0.25, 0.3) is 0 Å². The van der Waals surface area contributed by atoms with E-state index in [-0.39, 0.29) is 19.4 Å². The Morgan fingerprint density at radius 1 is 1.39 bits per heavy atom. The molecule has 3 N–H and O–H groups in total. The Balaban J connectivity index is 2.16. The summed E-state index contributed by atoms with van der Waals surface area (Å²) in [5.74, 6) is -6.97. The maximum Gasteiger partial charge on any atom is 0.511 e. The number of halogens is 1. The molecule has 0 bridgehead atoms. The fourth-order valence-electron chi connectivity index (χ4n) is 2.98. The number of esters is 2. The largest absolute Gasteiger partial charge is 0.511 e. The van der Waals surface area contributed by atoms with E-state index in [2.05, 4.69) is 16.6 Å². The lowest BCUT2D eigenvalue weighted by Gasteiger charge is -2.33. The van der Waals surface area contributed by atoms with Crippen molar-refractivity contribution < 1.29 is 52.1 Å². The van der Waals surface area contributed by atoms with Gasteiger partial charge in [0.15, 0.2) is 0 Å². The number of nitrogens with zero attached hydrogens (tertiary/aromatic N) is 1. The molecule has 182 valence electrons. The molecule has 0 radical (unpaired) electrons. The zero-order chi connectivity index (χ0) is 24.9. The van der Waals surface area contributed by atoms with Crippen molar-refractivity contribution in [2.24, 2.45) is 11.7 Å². The predicted molar refractivity (Wildman–Crippen MR) is 107 cm³/mol. The molecule has 0 aromatic heterocycles. The lowest BCUT2D eigenvalue weighted by Crippen LogP contribution is -2.58. The fourth-order valence-corrected chi connectivity index (χ4v) is 3.36. The Morgan fingerprint density at radius 2 is 2.06 bits per heavy atom. The SMILES string of the molecule is C=C(F)C(C(N)=O)C(=S)N[C@H]1CON(C2(C(=O)OC(C)OC(=O)OCC)CCC(=O)O2)C1=O. The maximum atomic E-state index is 13.5. The van der Waals surface area contributed by atoms with Gasteiger partial charge in [-0.2, -0.15) is 5.06 Å². The molecule has 15 heteroatoms. The Bertz CT molecular complexity index is 870. The second-order valence-corrected chi connectivity index (χ2v) is 7.24. The third kappa shape index (κ3) is 5.73. The van der Waals surface area contributed by atoms with E-state index in [4.69, 9.17) is 37.0 Å². The minimum atomic E-state index is -2.31. The summed E-state index contributed by atoms with van der Waals surface area (Å²) in [4.78, 5) is 65.2. The highest BCUT2D eigenvalue weighted by molar-refractivity contribution is 7.80. The number of carbonyl (C=O) groups is 5. The van der Waals surface area contributed by atoms with E-state index in [9.17, 15) is 28.4 Å². The molecule has 0 spiro atoms. The summed E-state index contributed by atoms with van der Waals surface area (Å²) < 4.78 is 32.9. The van der Waals surface area contributed by atoms with Gasteiger partial charge in [-0.1, -0.05) is 18.8 Å². The Hall–Kier alpha value is -3.33. The minimum absolute atomic E-state index is 0.0137. The standard InChI is InChI=1S/C18H22FN3O10S/c1-4-28-17(27)31-9(3)30-16(26)18(6-5-11(23)32-18)22-15(25)10(7-29-22)21-14(33)12(8(2)19)13(20)24/h9-10,12H,2,4-7H2,1,3H3,(H2,20,24)(H,21,33)/t9?,10-,12?,18?/m0/s1. The van der Waals surface area contributed by atoms with Crippen LogP contribution in [-0.4, -0.2) is 71.2 Å². The van der Waals surface area contributed by atoms with Gasteiger partial charge in [0.05, 0.1) is 18.0 Å². The molecule has 2 aliphatic heterocycles. The van der Waals surface area contributed by atoms with Crippen LogP contribution < -0.4 is 11.1 Å². The van der Waals surface area contributed by atoms with Crippen LogP contribution in [-0.2, 0) is 43.0 Å². The Labute approximate surface area is 192 Å². The van der Waals surface area contributed by atoms with Crippen molar-refractivity contribution in [3.8, 4) is 0 Å². The van der Waals surface area contributed by atoms with Crippen molar-refractivity contribution in [1.82, 2.24) is 10.4 Å². The Kier molecular flexibility index (Phi) is 8.27. The highest BCUT2D eigenvalue weighted by atomic mass is 32.1. The van der Waals surface area contributed by atoms with Crippen molar-refractivity contribution >= 4 is 47.1 Å². The smallest absolute Gasteiger partial charge is 0.435 e. The zero-order valence-corrected chi connectivity index (χ0v) is 18.5. The molecule has 4 atom stereocenters. The number of rotatable bonds is 9. The molecule has 2 amide bonds. The maximum absolute atomic E-state index is 13.5. The summed E-state index contributed by atoms with van der Waals surface area (Å²) in [7, 11) is 0. The molecule has 2 heterocycles. The van der Waals surface area contributed by atoms with E-state index >= 15 is 0 Å². The van der Waals surface area contributed by atoms with Crippen LogP contribution in [0.15, 0.2) is 12.4 Å².